The van der Waals surface area contributed by atoms with Crippen LogP contribution in [0, 0.1) is 17.8 Å². The lowest BCUT2D eigenvalue weighted by molar-refractivity contribution is -0.364. The number of aliphatic carboxylic acids is 1. The third kappa shape index (κ3) is 13.5. The Morgan fingerprint density at radius 1 is 0.542 bits per heavy atom. The van der Waals surface area contributed by atoms with Crippen LogP contribution in [0.2, 0.25) is 0 Å². The van der Waals surface area contributed by atoms with E-state index in [1.807, 2.05) is 0 Å². The Labute approximate surface area is 411 Å². The van der Waals surface area contributed by atoms with Crippen LogP contribution in [-0.2, 0) is 52.3 Å². The van der Waals surface area contributed by atoms with Crippen LogP contribution in [-0.4, -0.2) is 266 Å². The highest BCUT2D eigenvalue weighted by atomic mass is 16.7. The average molecular weight is 1040 g/mol. The van der Waals surface area contributed by atoms with Crippen molar-refractivity contribution >= 4 is 17.9 Å². The van der Waals surface area contributed by atoms with Crippen LogP contribution in [0.5, 0.6) is 0 Å². The van der Waals surface area contributed by atoms with E-state index in [2.05, 4.69) is 0 Å². The van der Waals surface area contributed by atoms with Crippen LogP contribution in [0.1, 0.15) is 64.2 Å². The monoisotopic (exact) mass is 1040 g/mol. The van der Waals surface area contributed by atoms with Gasteiger partial charge in [0.25, 0.3) is 0 Å². The van der Waals surface area contributed by atoms with Crippen LogP contribution in [0.4, 0.5) is 0 Å². The van der Waals surface area contributed by atoms with Crippen molar-refractivity contribution < 1.29 is 134 Å². The summed E-state index contributed by atoms with van der Waals surface area (Å²) in [5, 5.41) is 158. The highest BCUT2D eigenvalue weighted by Gasteiger charge is 2.57. The minimum atomic E-state index is -1.92. The van der Waals surface area contributed by atoms with Gasteiger partial charge in [-0.3, -0.25) is 9.59 Å². The minimum absolute atomic E-state index is 0.00608. The Kier molecular flexibility index (Phi) is 19.8. The van der Waals surface area contributed by atoms with Crippen molar-refractivity contribution in [3.8, 4) is 0 Å². The second kappa shape index (κ2) is 25.0. The van der Waals surface area contributed by atoms with Gasteiger partial charge in [-0.2, -0.15) is 0 Å². The number of hydrogen-bond acceptors (Lipinski definition) is 25. The molecule has 412 valence electrons. The molecule has 4 saturated heterocycles. The first-order valence-electron chi connectivity index (χ1n) is 24.4. The molecule has 7 fully saturated rings. The first-order chi connectivity index (χ1) is 34.1. The Hall–Kier alpha value is -2.69. The number of hydrogen-bond donors (Lipinski definition) is 15. The van der Waals surface area contributed by atoms with E-state index in [-0.39, 0.29) is 50.9 Å². The smallest absolute Gasteiger partial charge is 0.330 e. The quantitative estimate of drug-likeness (QED) is 0.0296. The van der Waals surface area contributed by atoms with Gasteiger partial charge >= 0.3 is 17.9 Å². The molecule has 0 spiro atoms. The lowest BCUT2D eigenvalue weighted by atomic mass is 9.72. The predicted molar refractivity (Wildman–Crippen MR) is 231 cm³/mol. The molecule has 0 aromatic heterocycles. The van der Waals surface area contributed by atoms with Crippen molar-refractivity contribution in [1.82, 2.24) is 0 Å². The summed E-state index contributed by atoms with van der Waals surface area (Å²) in [5.41, 5.74) is 0. The Balaban J connectivity index is 1.05. The predicted octanol–water partition coefficient (Wildman–Crippen LogP) is -7.20. The molecule has 16 N–H and O–H groups in total. The van der Waals surface area contributed by atoms with Crippen LogP contribution in [0.3, 0.4) is 0 Å². The van der Waals surface area contributed by atoms with Crippen LogP contribution >= 0.6 is 0 Å². The van der Waals surface area contributed by atoms with E-state index in [9.17, 15) is 85.9 Å². The summed E-state index contributed by atoms with van der Waals surface area (Å²) in [6.07, 6.45) is -31.2. The van der Waals surface area contributed by atoms with Crippen LogP contribution in [0.25, 0.3) is 0 Å². The van der Waals surface area contributed by atoms with Crippen molar-refractivity contribution in [1.29, 1.82) is 0 Å². The van der Waals surface area contributed by atoms with E-state index < -0.39 is 203 Å². The Morgan fingerprint density at radius 2 is 1.10 bits per heavy atom. The third-order valence-electron chi connectivity index (χ3n) is 15.1. The molecule has 4 aliphatic heterocycles. The Morgan fingerprint density at radius 3 is 1.69 bits per heavy atom. The average Bonchev–Trinajstić information content (AvgIpc) is 3.34. The van der Waals surface area contributed by atoms with Gasteiger partial charge in [0.1, 0.15) is 99.0 Å². The van der Waals surface area contributed by atoms with E-state index in [4.69, 9.17) is 47.7 Å². The summed E-state index contributed by atoms with van der Waals surface area (Å²) in [6, 6.07) is 0. The molecule has 7 aliphatic rings. The summed E-state index contributed by atoms with van der Waals surface area (Å²) in [6.45, 7) is -2.05. The largest absolute Gasteiger partial charge is 0.481 e. The second-order valence-electron chi connectivity index (χ2n) is 20.1. The number of esters is 2. The molecule has 27 nitrogen and oxygen atoms in total. The molecule has 27 atom stereocenters. The Bertz CT molecular complexity index is 1810. The van der Waals surface area contributed by atoms with Crippen LogP contribution in [0.15, 0.2) is 12.2 Å². The van der Waals surface area contributed by atoms with Gasteiger partial charge in [0, 0.05) is 24.8 Å². The SMILES string of the molecule is O=C(O)CC(=O)OCC1OC(OC2CC3C(O)CC(OC4OC(COC(=O)C=CC5CCC(O)C(O)C5)C(O)C(O)C4O)CC3[OH+]C2C2CCC(O)C(OC3OC(CO)C(O)C(O)C3O)C2)C(O)C(O)C1O. The van der Waals surface area contributed by atoms with E-state index in [0.29, 0.717) is 12.8 Å². The van der Waals surface area contributed by atoms with Crippen molar-refractivity contribution in [3.63, 3.8) is 0 Å². The zero-order valence-electron chi connectivity index (χ0n) is 39.1. The van der Waals surface area contributed by atoms with E-state index in [1.165, 1.54) is 6.08 Å². The van der Waals surface area contributed by atoms with Crippen LogP contribution < -0.4 is 0 Å². The number of carbonyl (C=O) groups excluding carboxylic acids is 2. The van der Waals surface area contributed by atoms with Crippen molar-refractivity contribution in [2.24, 2.45) is 17.8 Å². The number of aliphatic hydroxyl groups excluding tert-OH is 14. The number of ether oxygens (including phenoxy) is 9. The molecule has 72 heavy (non-hydrogen) atoms. The summed E-state index contributed by atoms with van der Waals surface area (Å²) >= 11 is 0. The van der Waals surface area contributed by atoms with Crippen molar-refractivity contribution in [3.05, 3.63) is 12.2 Å². The zero-order valence-corrected chi connectivity index (χ0v) is 39.1. The topological polar surface area (TPSA) is 441 Å². The fraction of sp³-hybridized carbons (Fsp3) is 0.889. The van der Waals surface area contributed by atoms with Gasteiger partial charge in [-0.25, -0.2) is 4.79 Å². The summed E-state index contributed by atoms with van der Waals surface area (Å²) < 4.78 is 51.0. The fourth-order valence-corrected chi connectivity index (χ4v) is 10.9. The molecule has 0 radical (unpaired) electrons. The molecule has 7 rings (SSSR count). The second-order valence-corrected chi connectivity index (χ2v) is 20.1. The van der Waals surface area contributed by atoms with E-state index in [1.54, 1.807) is 0 Å². The van der Waals surface area contributed by atoms with Gasteiger partial charge in [0.15, 0.2) is 31.1 Å². The molecular weight excluding hydrogens is 972 g/mol. The van der Waals surface area contributed by atoms with E-state index >= 15 is 0 Å². The minimum Gasteiger partial charge on any atom is -0.481 e. The first-order valence-corrected chi connectivity index (χ1v) is 24.4. The molecule has 3 aliphatic carbocycles. The van der Waals surface area contributed by atoms with Gasteiger partial charge in [0.05, 0.1) is 49.1 Å². The van der Waals surface area contributed by atoms with Gasteiger partial charge < -0.3 is 119 Å². The molecule has 27 unspecified atom stereocenters. The van der Waals surface area contributed by atoms with E-state index in [0.717, 1.165) is 6.08 Å². The maximum absolute atomic E-state index is 12.6. The molecule has 0 aromatic rings. The molecule has 4 heterocycles. The molecule has 3 saturated carbocycles. The zero-order chi connectivity index (χ0) is 52.3. The number of fused-ring (bicyclic) bond motifs is 1. The molecule has 0 bridgehead atoms. The molecular formula is C45H71O27+. The normalized spacial score (nSPS) is 48.1. The fourth-order valence-electron chi connectivity index (χ4n) is 10.9. The van der Waals surface area contributed by atoms with Gasteiger partial charge in [-0.15, -0.1) is 0 Å². The summed E-state index contributed by atoms with van der Waals surface area (Å²) in [4.78, 5) is 35.6. The van der Waals surface area contributed by atoms with Crippen molar-refractivity contribution in [2.45, 2.75) is 211 Å². The van der Waals surface area contributed by atoms with Gasteiger partial charge in [-0.1, -0.05) is 6.08 Å². The lowest BCUT2D eigenvalue weighted by Crippen LogP contribution is -2.64. The highest BCUT2D eigenvalue weighted by molar-refractivity contribution is 5.90. The van der Waals surface area contributed by atoms with Gasteiger partial charge in [0.2, 0.25) is 0 Å². The standard InChI is InChI=1S/C45H70O27/c46-13-27-33(55)36(58)40(62)44(70-27)68-25-8-17(3-5-21(25)48)42-26(69-45-41(63)38(60)35(57)29(72-45)15-65-32(54)12-30(51)52)11-19-22(49)9-18(10-24(19)67-42)66-43-39(61)37(59)34(56)28(71-43)14-64-31(53)6-2-16-1-4-20(47)23(50)7-16/h2,6,16-29,33-50,55-63H,1,3-5,7-15H2,(H,51,52)/p+1. The first kappa shape index (κ1) is 57.0. The number of carboxylic acid groups (broad SMARTS) is 1. The maximum Gasteiger partial charge on any atom is 0.330 e. The number of allylic oxidation sites excluding steroid dienone is 1. The molecule has 0 amide bonds. The number of carboxylic acids is 1. The lowest BCUT2D eigenvalue weighted by Gasteiger charge is -2.50. The molecule has 27 heteroatoms. The number of aliphatic hydroxyl groups is 16. The summed E-state index contributed by atoms with van der Waals surface area (Å²) in [7, 11) is 0. The van der Waals surface area contributed by atoms with Gasteiger partial charge in [-0.05, 0) is 50.9 Å². The van der Waals surface area contributed by atoms with Crippen molar-refractivity contribution in [2.75, 3.05) is 19.8 Å². The maximum atomic E-state index is 12.6. The molecule has 0 aromatic carbocycles. The highest BCUT2D eigenvalue weighted by Crippen LogP contribution is 2.44. The summed E-state index contributed by atoms with van der Waals surface area (Å²) in [5.74, 6) is -4.93. The number of rotatable bonds is 16. The third-order valence-corrected chi connectivity index (χ3v) is 15.1. The number of carbonyl (C=O) groups is 3.